The first kappa shape index (κ1) is 12.4. The van der Waals surface area contributed by atoms with Crippen LogP contribution in [0.15, 0.2) is 16.7 Å². The van der Waals surface area contributed by atoms with E-state index < -0.39 is 5.97 Å². The van der Waals surface area contributed by atoms with Crippen LogP contribution >= 0.6 is 15.9 Å². The van der Waals surface area contributed by atoms with Crippen LogP contribution in [0.2, 0.25) is 0 Å². The summed E-state index contributed by atoms with van der Waals surface area (Å²) in [7, 11) is 0. The summed E-state index contributed by atoms with van der Waals surface area (Å²) >= 11 is 3.23. The molecule has 0 aromatic carbocycles. The average molecular weight is 299 g/mol. The van der Waals surface area contributed by atoms with Gasteiger partial charge in [0.05, 0.1) is 0 Å². The van der Waals surface area contributed by atoms with E-state index in [2.05, 4.69) is 40.1 Å². The van der Waals surface area contributed by atoms with Crippen molar-refractivity contribution in [3.63, 3.8) is 0 Å². The summed E-state index contributed by atoms with van der Waals surface area (Å²) in [6.45, 7) is 4.17. The molecule has 0 saturated heterocycles. The molecular weight excluding hydrogens is 284 g/mol. The maximum atomic E-state index is 11.1. The molecule has 2 rings (SSSR count). The summed E-state index contributed by atoms with van der Waals surface area (Å²) in [5.74, 6) is 0.0834. The van der Waals surface area contributed by atoms with Crippen LogP contribution in [0.3, 0.4) is 0 Å². The Bertz CT molecular complexity index is 456. The van der Waals surface area contributed by atoms with Gasteiger partial charge in [0, 0.05) is 16.2 Å². The summed E-state index contributed by atoms with van der Waals surface area (Å²) in [5, 5.41) is 12.4. The number of aromatic carboxylic acids is 1. The van der Waals surface area contributed by atoms with Gasteiger partial charge in [-0.25, -0.2) is 9.78 Å². The van der Waals surface area contributed by atoms with E-state index in [1.54, 1.807) is 12.3 Å². The molecule has 0 unspecified atom stereocenters. The standard InChI is InChI=1S/C12H15BrN2O2/c1-12(2,7-3-4-7)15-10-9(11(16)17)5-8(13)6-14-10/h5-7H,3-4H2,1-2H3,(H,14,15)(H,16,17). The van der Waals surface area contributed by atoms with E-state index in [0.29, 0.717) is 16.2 Å². The maximum absolute atomic E-state index is 11.1. The number of nitrogens with one attached hydrogen (secondary N) is 1. The lowest BCUT2D eigenvalue weighted by Crippen LogP contribution is -2.34. The van der Waals surface area contributed by atoms with Crippen LogP contribution in [-0.4, -0.2) is 21.6 Å². The van der Waals surface area contributed by atoms with E-state index in [9.17, 15) is 4.79 Å². The summed E-state index contributed by atoms with van der Waals surface area (Å²) < 4.78 is 0.671. The zero-order valence-electron chi connectivity index (χ0n) is 9.83. The van der Waals surface area contributed by atoms with Gasteiger partial charge in [0.15, 0.2) is 0 Å². The highest BCUT2D eigenvalue weighted by molar-refractivity contribution is 9.10. The number of rotatable bonds is 4. The van der Waals surface area contributed by atoms with E-state index in [1.807, 2.05) is 0 Å². The number of nitrogens with zero attached hydrogens (tertiary/aromatic N) is 1. The fourth-order valence-electron chi connectivity index (χ4n) is 1.91. The Morgan fingerprint density at radius 1 is 1.59 bits per heavy atom. The van der Waals surface area contributed by atoms with Gasteiger partial charge in [0.2, 0.25) is 0 Å². The van der Waals surface area contributed by atoms with Crippen LogP contribution < -0.4 is 5.32 Å². The van der Waals surface area contributed by atoms with Crippen LogP contribution in [0.1, 0.15) is 37.0 Å². The first-order valence-electron chi connectivity index (χ1n) is 5.57. The SMILES string of the molecule is CC(C)(Nc1ncc(Br)cc1C(=O)O)C1CC1. The lowest BCUT2D eigenvalue weighted by molar-refractivity contribution is 0.0697. The number of hydrogen-bond donors (Lipinski definition) is 2. The van der Waals surface area contributed by atoms with Crippen LogP contribution in [0.25, 0.3) is 0 Å². The topological polar surface area (TPSA) is 62.2 Å². The monoisotopic (exact) mass is 298 g/mol. The average Bonchev–Trinajstić information content (AvgIpc) is 3.03. The lowest BCUT2D eigenvalue weighted by atomic mass is 9.98. The summed E-state index contributed by atoms with van der Waals surface area (Å²) in [6, 6.07) is 1.57. The number of pyridine rings is 1. The zero-order valence-corrected chi connectivity index (χ0v) is 11.4. The van der Waals surface area contributed by atoms with Crippen LogP contribution in [0, 0.1) is 5.92 Å². The molecule has 0 amide bonds. The van der Waals surface area contributed by atoms with Crippen molar-refractivity contribution in [1.29, 1.82) is 0 Å². The number of halogens is 1. The minimum Gasteiger partial charge on any atom is -0.478 e. The molecule has 0 spiro atoms. The normalized spacial score (nSPS) is 15.7. The van der Waals surface area contributed by atoms with Crippen molar-refractivity contribution in [3.8, 4) is 0 Å². The first-order valence-corrected chi connectivity index (χ1v) is 6.36. The third kappa shape index (κ3) is 2.77. The molecule has 5 heteroatoms. The quantitative estimate of drug-likeness (QED) is 0.896. The molecule has 4 nitrogen and oxygen atoms in total. The Morgan fingerprint density at radius 3 is 2.76 bits per heavy atom. The largest absolute Gasteiger partial charge is 0.478 e. The molecule has 92 valence electrons. The second-order valence-electron chi connectivity index (χ2n) is 4.98. The number of carboxylic acids is 1. The van der Waals surface area contributed by atoms with Crippen molar-refractivity contribution in [2.45, 2.75) is 32.2 Å². The third-order valence-corrected chi connectivity index (χ3v) is 3.56. The van der Waals surface area contributed by atoms with Crippen LogP contribution in [0.5, 0.6) is 0 Å². The number of aromatic nitrogens is 1. The summed E-state index contributed by atoms with van der Waals surface area (Å²) in [6.07, 6.45) is 4.00. The van der Waals surface area contributed by atoms with E-state index >= 15 is 0 Å². The number of hydrogen-bond acceptors (Lipinski definition) is 3. The van der Waals surface area contributed by atoms with Gasteiger partial charge in [0.25, 0.3) is 0 Å². The Balaban J connectivity index is 2.28. The predicted molar refractivity (Wildman–Crippen MR) is 69.3 cm³/mol. The van der Waals surface area contributed by atoms with Gasteiger partial charge in [-0.15, -0.1) is 0 Å². The second-order valence-corrected chi connectivity index (χ2v) is 5.89. The smallest absolute Gasteiger partial charge is 0.339 e. The molecule has 1 aromatic heterocycles. The zero-order chi connectivity index (χ0) is 12.6. The molecule has 1 fully saturated rings. The molecule has 0 atom stereocenters. The molecule has 1 aliphatic carbocycles. The van der Waals surface area contributed by atoms with Crippen molar-refractivity contribution >= 4 is 27.7 Å². The Kier molecular flexibility index (Phi) is 3.12. The number of carbonyl (C=O) groups is 1. The van der Waals surface area contributed by atoms with E-state index in [-0.39, 0.29) is 11.1 Å². The van der Waals surface area contributed by atoms with E-state index in [4.69, 9.17) is 5.11 Å². The molecule has 0 aliphatic heterocycles. The molecule has 1 aromatic rings. The van der Waals surface area contributed by atoms with Gasteiger partial charge >= 0.3 is 5.97 Å². The van der Waals surface area contributed by atoms with Gasteiger partial charge in [-0.05, 0) is 54.6 Å². The molecule has 1 saturated carbocycles. The molecule has 1 heterocycles. The van der Waals surface area contributed by atoms with Crippen molar-refractivity contribution in [2.75, 3.05) is 5.32 Å². The summed E-state index contributed by atoms with van der Waals surface area (Å²) in [5.41, 5.74) is 0.0958. The Hall–Kier alpha value is -1.10. The molecule has 0 radical (unpaired) electrons. The van der Waals surface area contributed by atoms with Crippen LogP contribution in [-0.2, 0) is 0 Å². The number of anilines is 1. The van der Waals surface area contributed by atoms with E-state index in [1.165, 1.54) is 12.8 Å². The van der Waals surface area contributed by atoms with Gasteiger partial charge in [0.1, 0.15) is 11.4 Å². The molecule has 17 heavy (non-hydrogen) atoms. The Labute approximate surface area is 109 Å². The van der Waals surface area contributed by atoms with Crippen molar-refractivity contribution in [3.05, 3.63) is 22.3 Å². The fourth-order valence-corrected chi connectivity index (χ4v) is 2.25. The highest BCUT2D eigenvalue weighted by atomic mass is 79.9. The molecule has 1 aliphatic rings. The molecular formula is C12H15BrN2O2. The minimum absolute atomic E-state index is 0.106. The molecule has 2 N–H and O–H groups in total. The van der Waals surface area contributed by atoms with Crippen LogP contribution in [0.4, 0.5) is 5.82 Å². The second kappa shape index (κ2) is 4.29. The maximum Gasteiger partial charge on any atom is 0.339 e. The van der Waals surface area contributed by atoms with Crippen molar-refractivity contribution in [2.24, 2.45) is 5.92 Å². The van der Waals surface area contributed by atoms with Gasteiger partial charge < -0.3 is 10.4 Å². The predicted octanol–water partition coefficient (Wildman–Crippen LogP) is 3.14. The van der Waals surface area contributed by atoms with Gasteiger partial charge in [-0.1, -0.05) is 0 Å². The highest BCUT2D eigenvalue weighted by Crippen LogP contribution is 2.41. The molecule has 0 bridgehead atoms. The van der Waals surface area contributed by atoms with E-state index in [0.717, 1.165) is 0 Å². The lowest BCUT2D eigenvalue weighted by Gasteiger charge is -2.27. The first-order chi connectivity index (χ1) is 7.90. The van der Waals surface area contributed by atoms with Gasteiger partial charge in [-0.2, -0.15) is 0 Å². The third-order valence-electron chi connectivity index (χ3n) is 3.12. The van der Waals surface area contributed by atoms with Gasteiger partial charge in [-0.3, -0.25) is 0 Å². The Morgan fingerprint density at radius 2 is 2.24 bits per heavy atom. The highest BCUT2D eigenvalue weighted by Gasteiger charge is 2.38. The van der Waals surface area contributed by atoms with Crippen molar-refractivity contribution < 1.29 is 9.90 Å². The van der Waals surface area contributed by atoms with Crippen molar-refractivity contribution in [1.82, 2.24) is 4.98 Å². The fraction of sp³-hybridized carbons (Fsp3) is 0.500. The summed E-state index contributed by atoms with van der Waals surface area (Å²) in [4.78, 5) is 15.3. The minimum atomic E-state index is -0.965. The number of carboxylic acid groups (broad SMARTS) is 1.